The molecule has 1 amide bonds. The number of thiophene rings is 1. The van der Waals surface area contributed by atoms with Gasteiger partial charge in [0.25, 0.3) is 11.1 Å². The van der Waals surface area contributed by atoms with Crippen LogP contribution in [-0.2, 0) is 14.6 Å². The molecule has 0 unspecified atom stereocenters. The Kier molecular flexibility index (Phi) is 8.34. The Bertz CT molecular complexity index is 1400. The number of aromatic nitrogens is 2. The van der Waals surface area contributed by atoms with Crippen molar-refractivity contribution in [1.82, 2.24) is 9.36 Å². The zero-order valence-corrected chi connectivity index (χ0v) is 21.3. The molecule has 0 fully saturated rings. The van der Waals surface area contributed by atoms with E-state index in [9.17, 15) is 23.3 Å². The first-order valence-corrected chi connectivity index (χ1v) is 13.4. The largest absolute Gasteiger partial charge is 0.493 e. The molecule has 182 valence electrons. The average molecular weight is 533 g/mol. The number of amides is 1. The molecule has 1 N–H and O–H groups in total. The molecule has 10 nitrogen and oxygen atoms in total. The first kappa shape index (κ1) is 26.0. The number of hydrogen-bond acceptors (Lipinski definition) is 11. The van der Waals surface area contributed by atoms with Crippen molar-refractivity contribution < 1.29 is 27.5 Å². The maximum Gasteiger partial charge on any atom is 0.353 e. The van der Waals surface area contributed by atoms with Gasteiger partial charge in [0.1, 0.15) is 16.5 Å². The molecule has 3 rings (SSSR count). The van der Waals surface area contributed by atoms with Gasteiger partial charge in [-0.2, -0.15) is 14.6 Å². The van der Waals surface area contributed by atoms with E-state index in [0.717, 1.165) is 0 Å². The van der Waals surface area contributed by atoms with Gasteiger partial charge in [0.2, 0.25) is 15.0 Å². The highest BCUT2D eigenvalue weighted by atomic mass is 32.2. The molecular weight excluding hydrogens is 512 g/mol. The van der Waals surface area contributed by atoms with Crippen LogP contribution in [0.2, 0.25) is 0 Å². The molecule has 0 aliphatic carbocycles. The van der Waals surface area contributed by atoms with E-state index in [1.54, 1.807) is 43.5 Å². The van der Waals surface area contributed by atoms with Crippen molar-refractivity contribution in [3.8, 4) is 17.6 Å². The van der Waals surface area contributed by atoms with E-state index in [1.807, 2.05) is 0 Å². The van der Waals surface area contributed by atoms with Crippen molar-refractivity contribution in [3.05, 3.63) is 51.7 Å². The first-order valence-electron chi connectivity index (χ1n) is 10.1. The smallest absolute Gasteiger partial charge is 0.353 e. The fourth-order valence-electron chi connectivity index (χ4n) is 2.78. The summed E-state index contributed by atoms with van der Waals surface area (Å²) in [6.45, 7) is 3.51. The molecule has 2 aromatic heterocycles. The number of nitrogens with one attached hydrogen (secondary N) is 1. The number of carbonyl (C=O) groups excluding carboxylic acids is 2. The Labute approximate surface area is 209 Å². The van der Waals surface area contributed by atoms with Crippen LogP contribution in [0.25, 0.3) is 6.08 Å². The van der Waals surface area contributed by atoms with Crippen LogP contribution in [0.1, 0.15) is 29.1 Å². The molecule has 0 radical (unpaired) electrons. The SMILES string of the molecule is COc1cc(C=C(C#N)C(=O)Nc2nc(S(=O)(=O)CC(C)C)ns2)ccc1OC(=O)c1cccs1. The van der Waals surface area contributed by atoms with Crippen LogP contribution < -0.4 is 14.8 Å². The molecule has 3 aromatic rings. The fourth-order valence-corrected chi connectivity index (χ4v) is 5.73. The lowest BCUT2D eigenvalue weighted by Gasteiger charge is -2.09. The lowest BCUT2D eigenvalue weighted by atomic mass is 10.1. The van der Waals surface area contributed by atoms with Crippen LogP contribution in [-0.4, -0.2) is 42.5 Å². The molecule has 2 heterocycles. The second-order valence-electron chi connectivity index (χ2n) is 7.46. The van der Waals surface area contributed by atoms with E-state index >= 15 is 0 Å². The number of rotatable bonds is 9. The van der Waals surface area contributed by atoms with Crippen molar-refractivity contribution in [2.45, 2.75) is 19.0 Å². The molecule has 0 atom stereocenters. The van der Waals surface area contributed by atoms with E-state index in [2.05, 4.69) is 14.7 Å². The van der Waals surface area contributed by atoms with E-state index in [1.165, 1.54) is 36.7 Å². The van der Waals surface area contributed by atoms with Gasteiger partial charge in [-0.05, 0) is 41.1 Å². The molecule has 35 heavy (non-hydrogen) atoms. The molecule has 13 heteroatoms. The summed E-state index contributed by atoms with van der Waals surface area (Å²) in [6.07, 6.45) is 1.31. The Morgan fingerprint density at radius 2 is 2.03 bits per heavy atom. The van der Waals surface area contributed by atoms with E-state index in [4.69, 9.17) is 9.47 Å². The molecule has 0 aliphatic rings. The highest BCUT2D eigenvalue weighted by Gasteiger charge is 2.23. The minimum absolute atomic E-state index is 0.0492. The average Bonchev–Trinajstić information content (AvgIpc) is 3.50. The van der Waals surface area contributed by atoms with Gasteiger partial charge in [-0.15, -0.1) is 11.3 Å². The minimum Gasteiger partial charge on any atom is -0.493 e. The van der Waals surface area contributed by atoms with Gasteiger partial charge < -0.3 is 9.47 Å². The summed E-state index contributed by atoms with van der Waals surface area (Å²) < 4.78 is 39.0. The Morgan fingerprint density at radius 1 is 1.26 bits per heavy atom. The number of sulfone groups is 1. The number of anilines is 1. The third kappa shape index (κ3) is 6.72. The van der Waals surface area contributed by atoms with Crippen LogP contribution in [0.3, 0.4) is 0 Å². The first-order chi connectivity index (χ1) is 16.6. The number of nitriles is 1. The zero-order chi connectivity index (χ0) is 25.6. The summed E-state index contributed by atoms with van der Waals surface area (Å²) >= 11 is 1.94. The minimum atomic E-state index is -3.68. The summed E-state index contributed by atoms with van der Waals surface area (Å²) in [7, 11) is -2.28. The van der Waals surface area contributed by atoms with Gasteiger partial charge in [-0.1, -0.05) is 26.0 Å². The topological polar surface area (TPSA) is 148 Å². The summed E-state index contributed by atoms with van der Waals surface area (Å²) in [4.78, 5) is 29.1. The molecule has 0 spiro atoms. The summed E-state index contributed by atoms with van der Waals surface area (Å²) in [5.74, 6) is -1.16. The zero-order valence-electron chi connectivity index (χ0n) is 18.8. The number of carbonyl (C=O) groups is 2. The van der Waals surface area contributed by atoms with E-state index in [-0.39, 0.29) is 39.0 Å². The number of ether oxygens (including phenoxy) is 2. The monoisotopic (exact) mass is 532 g/mol. The maximum atomic E-state index is 12.6. The fraction of sp³-hybridized carbons (Fsp3) is 0.227. The number of nitrogens with zero attached hydrogens (tertiary/aromatic N) is 3. The van der Waals surface area contributed by atoms with Crippen LogP contribution in [0.4, 0.5) is 5.13 Å². The summed E-state index contributed by atoms with van der Waals surface area (Å²) in [6, 6.07) is 9.70. The number of methoxy groups -OCH3 is 1. The van der Waals surface area contributed by atoms with Gasteiger partial charge in [-0.3, -0.25) is 10.1 Å². The van der Waals surface area contributed by atoms with Crippen LogP contribution in [0.5, 0.6) is 11.5 Å². The van der Waals surface area contributed by atoms with Crippen molar-refractivity contribution in [3.63, 3.8) is 0 Å². The molecular formula is C22H20N4O6S3. The van der Waals surface area contributed by atoms with Crippen molar-refractivity contribution in [2.75, 3.05) is 18.2 Å². The standard InChI is InChI=1S/C22H20N4O6S3/c1-13(2)12-35(29,30)22-25-21(34-26-22)24-19(27)15(11-23)9-14-6-7-16(17(10-14)31-3)32-20(28)18-5-4-8-33-18/h4-10,13H,12H2,1-3H3,(H,24,25,26,27). The predicted octanol–water partition coefficient (Wildman–Crippen LogP) is 3.80. The normalized spacial score (nSPS) is 11.7. The Hall–Kier alpha value is -3.60. The number of hydrogen-bond donors (Lipinski definition) is 1. The highest BCUT2D eigenvalue weighted by molar-refractivity contribution is 7.91. The summed E-state index contributed by atoms with van der Waals surface area (Å²) in [5, 5.41) is 13.2. The quantitative estimate of drug-likeness (QED) is 0.188. The Morgan fingerprint density at radius 3 is 2.66 bits per heavy atom. The van der Waals surface area contributed by atoms with Gasteiger partial charge in [0, 0.05) is 11.5 Å². The lowest BCUT2D eigenvalue weighted by Crippen LogP contribution is -2.15. The van der Waals surface area contributed by atoms with Gasteiger partial charge in [0.15, 0.2) is 11.5 Å². The third-order valence-corrected chi connectivity index (χ3v) is 7.69. The Balaban J connectivity index is 1.76. The van der Waals surface area contributed by atoms with E-state index in [0.29, 0.717) is 22.0 Å². The predicted molar refractivity (Wildman–Crippen MR) is 131 cm³/mol. The number of benzene rings is 1. The molecule has 1 aromatic carbocycles. The number of esters is 1. The van der Waals surface area contributed by atoms with Gasteiger partial charge in [-0.25, -0.2) is 13.2 Å². The van der Waals surface area contributed by atoms with Crippen LogP contribution >= 0.6 is 22.9 Å². The van der Waals surface area contributed by atoms with Gasteiger partial charge >= 0.3 is 5.97 Å². The second kappa shape index (κ2) is 11.2. The molecule has 0 aliphatic heterocycles. The van der Waals surface area contributed by atoms with Crippen LogP contribution in [0, 0.1) is 17.2 Å². The lowest BCUT2D eigenvalue weighted by molar-refractivity contribution is -0.112. The third-order valence-electron chi connectivity index (χ3n) is 4.25. The van der Waals surface area contributed by atoms with Gasteiger partial charge in [0.05, 0.1) is 12.9 Å². The van der Waals surface area contributed by atoms with Crippen LogP contribution in [0.15, 0.2) is 46.4 Å². The molecule has 0 bridgehead atoms. The van der Waals surface area contributed by atoms with Crippen molar-refractivity contribution in [1.29, 1.82) is 5.26 Å². The maximum absolute atomic E-state index is 12.6. The molecule has 0 saturated carbocycles. The van der Waals surface area contributed by atoms with Crippen molar-refractivity contribution in [2.24, 2.45) is 5.92 Å². The summed E-state index contributed by atoms with van der Waals surface area (Å²) in [5.41, 5.74) is 0.166. The van der Waals surface area contributed by atoms with Crippen molar-refractivity contribution >= 4 is 55.8 Å². The highest BCUT2D eigenvalue weighted by Crippen LogP contribution is 2.30. The molecule has 0 saturated heterocycles. The van der Waals surface area contributed by atoms with E-state index < -0.39 is 21.7 Å². The second-order valence-corrected chi connectivity index (χ2v) is 11.1.